The number of carbonyl (C=O) groups is 2. The largest absolute Gasteiger partial charge is 0.347 e. The zero-order valence-electron chi connectivity index (χ0n) is 17.6. The van der Waals surface area contributed by atoms with E-state index in [0.29, 0.717) is 13.0 Å². The molecule has 0 saturated heterocycles. The third-order valence-electron chi connectivity index (χ3n) is 5.08. The van der Waals surface area contributed by atoms with Crippen molar-refractivity contribution >= 4 is 34.6 Å². The molecule has 30 heavy (non-hydrogen) atoms. The Morgan fingerprint density at radius 2 is 1.90 bits per heavy atom. The predicted octanol–water partition coefficient (Wildman–Crippen LogP) is 2.98. The van der Waals surface area contributed by atoms with Crippen LogP contribution in [0.3, 0.4) is 0 Å². The van der Waals surface area contributed by atoms with Crippen LogP contribution in [0.15, 0.2) is 48.5 Å². The van der Waals surface area contributed by atoms with Gasteiger partial charge in [0.05, 0.1) is 24.0 Å². The van der Waals surface area contributed by atoms with E-state index in [-0.39, 0.29) is 18.2 Å². The van der Waals surface area contributed by atoms with E-state index in [0.717, 1.165) is 33.7 Å². The van der Waals surface area contributed by atoms with Gasteiger partial charge in [-0.1, -0.05) is 42.5 Å². The van der Waals surface area contributed by atoms with E-state index in [2.05, 4.69) is 15.6 Å². The molecule has 1 aromatic heterocycles. The number of nitrogens with one attached hydrogen (secondary N) is 2. The van der Waals surface area contributed by atoms with Crippen molar-refractivity contribution < 1.29 is 9.59 Å². The SMILES string of the molecule is CSCCC(NC(=O)Cc1ccccc1)C(=O)NCc1nc2cccc(C)c2n1C. The zero-order valence-corrected chi connectivity index (χ0v) is 18.5. The number of amides is 2. The standard InChI is InChI=1S/C23H28N4O2S/c1-16-8-7-11-18-22(16)27(2)20(25-18)15-24-23(29)19(12-13-30-3)26-21(28)14-17-9-5-4-6-10-17/h4-11,19H,12-15H2,1-3H3,(H,24,29)(H,26,28). The van der Waals surface area contributed by atoms with Crippen LogP contribution in [0.5, 0.6) is 0 Å². The second-order valence-electron chi connectivity index (χ2n) is 7.31. The number of benzene rings is 2. The normalized spacial score (nSPS) is 12.0. The molecule has 0 spiro atoms. The van der Waals surface area contributed by atoms with Crippen LogP contribution in [0, 0.1) is 6.92 Å². The maximum atomic E-state index is 12.8. The summed E-state index contributed by atoms with van der Waals surface area (Å²) in [6, 6.07) is 15.0. The summed E-state index contributed by atoms with van der Waals surface area (Å²) in [6.45, 7) is 2.36. The van der Waals surface area contributed by atoms with E-state index in [1.165, 1.54) is 0 Å². The molecule has 3 aromatic rings. The highest BCUT2D eigenvalue weighted by Gasteiger charge is 2.21. The molecule has 0 fully saturated rings. The third kappa shape index (κ3) is 5.42. The first-order valence-corrected chi connectivity index (χ1v) is 11.4. The van der Waals surface area contributed by atoms with Gasteiger partial charge in [0.1, 0.15) is 11.9 Å². The van der Waals surface area contributed by atoms with Crippen molar-refractivity contribution in [3.05, 3.63) is 65.5 Å². The number of nitrogens with zero attached hydrogens (tertiary/aromatic N) is 2. The topological polar surface area (TPSA) is 76.0 Å². The molecule has 6 nitrogen and oxygen atoms in total. The summed E-state index contributed by atoms with van der Waals surface area (Å²) in [5, 5.41) is 5.85. The van der Waals surface area contributed by atoms with Gasteiger partial charge in [0.15, 0.2) is 0 Å². The summed E-state index contributed by atoms with van der Waals surface area (Å²) in [7, 11) is 1.96. The molecule has 0 aliphatic carbocycles. The van der Waals surface area contributed by atoms with Crippen LogP contribution in [0.1, 0.15) is 23.4 Å². The predicted molar refractivity (Wildman–Crippen MR) is 122 cm³/mol. The molecule has 1 unspecified atom stereocenters. The summed E-state index contributed by atoms with van der Waals surface area (Å²) in [5.41, 5.74) is 4.05. The van der Waals surface area contributed by atoms with E-state index in [1.807, 2.05) is 73.3 Å². The van der Waals surface area contributed by atoms with Crippen LogP contribution in [-0.2, 0) is 29.6 Å². The highest BCUT2D eigenvalue weighted by Crippen LogP contribution is 2.18. The Bertz CT molecular complexity index is 1020. The minimum absolute atomic E-state index is 0.152. The molecular weight excluding hydrogens is 396 g/mol. The number of rotatable bonds is 9. The molecule has 2 aromatic carbocycles. The van der Waals surface area contributed by atoms with Gasteiger partial charge >= 0.3 is 0 Å². The van der Waals surface area contributed by atoms with Gasteiger partial charge in [0, 0.05) is 7.05 Å². The molecule has 158 valence electrons. The lowest BCUT2D eigenvalue weighted by atomic mass is 10.1. The van der Waals surface area contributed by atoms with Crippen LogP contribution < -0.4 is 10.6 Å². The lowest BCUT2D eigenvalue weighted by Crippen LogP contribution is -2.47. The van der Waals surface area contributed by atoms with Crippen molar-refractivity contribution in [1.82, 2.24) is 20.2 Å². The van der Waals surface area contributed by atoms with E-state index < -0.39 is 6.04 Å². The molecule has 0 bridgehead atoms. The number of imidazole rings is 1. The number of aromatic nitrogens is 2. The quantitative estimate of drug-likeness (QED) is 0.554. The third-order valence-corrected chi connectivity index (χ3v) is 5.72. The Hall–Kier alpha value is -2.80. The highest BCUT2D eigenvalue weighted by molar-refractivity contribution is 7.98. The lowest BCUT2D eigenvalue weighted by Gasteiger charge is -2.18. The molecule has 0 saturated carbocycles. The van der Waals surface area contributed by atoms with Crippen molar-refractivity contribution in [2.75, 3.05) is 12.0 Å². The summed E-state index contributed by atoms with van der Waals surface area (Å²) >= 11 is 1.65. The fourth-order valence-corrected chi connectivity index (χ4v) is 3.96. The van der Waals surface area contributed by atoms with Gasteiger partial charge in [-0.15, -0.1) is 0 Å². The second kappa shape index (κ2) is 10.3. The van der Waals surface area contributed by atoms with E-state index in [4.69, 9.17) is 0 Å². The van der Waals surface area contributed by atoms with Crippen molar-refractivity contribution in [2.24, 2.45) is 7.05 Å². The fourth-order valence-electron chi connectivity index (χ4n) is 3.49. The number of fused-ring (bicyclic) bond motifs is 1. The number of thioether (sulfide) groups is 1. The highest BCUT2D eigenvalue weighted by atomic mass is 32.2. The summed E-state index contributed by atoms with van der Waals surface area (Å²) in [4.78, 5) is 29.9. The number of hydrogen-bond donors (Lipinski definition) is 2. The van der Waals surface area contributed by atoms with E-state index >= 15 is 0 Å². The van der Waals surface area contributed by atoms with Gasteiger partial charge in [-0.25, -0.2) is 4.98 Å². The van der Waals surface area contributed by atoms with Gasteiger partial charge in [-0.2, -0.15) is 11.8 Å². The minimum Gasteiger partial charge on any atom is -0.347 e. The monoisotopic (exact) mass is 424 g/mol. The molecule has 1 atom stereocenters. The van der Waals surface area contributed by atoms with Crippen molar-refractivity contribution in [3.8, 4) is 0 Å². The van der Waals surface area contributed by atoms with Crippen LogP contribution in [-0.4, -0.2) is 39.4 Å². The molecule has 1 heterocycles. The Labute approximate surface area is 181 Å². The summed E-state index contributed by atoms with van der Waals surface area (Å²) in [5.74, 6) is 1.23. The number of carbonyl (C=O) groups excluding carboxylic acids is 2. The first kappa shape index (κ1) is 21.9. The van der Waals surface area contributed by atoms with Gasteiger partial charge in [-0.3, -0.25) is 9.59 Å². The Morgan fingerprint density at radius 1 is 1.13 bits per heavy atom. The average Bonchev–Trinajstić information content (AvgIpc) is 3.06. The van der Waals surface area contributed by atoms with Crippen molar-refractivity contribution in [2.45, 2.75) is 32.4 Å². The van der Waals surface area contributed by atoms with Gasteiger partial charge in [0.25, 0.3) is 0 Å². The fraction of sp³-hybridized carbons (Fsp3) is 0.348. The molecule has 0 radical (unpaired) electrons. The average molecular weight is 425 g/mol. The number of para-hydroxylation sites is 1. The number of hydrogen-bond acceptors (Lipinski definition) is 4. The van der Waals surface area contributed by atoms with E-state index in [9.17, 15) is 9.59 Å². The molecule has 0 aliphatic heterocycles. The molecule has 3 rings (SSSR count). The van der Waals surface area contributed by atoms with Crippen LogP contribution in [0.4, 0.5) is 0 Å². The van der Waals surface area contributed by atoms with Crippen LogP contribution in [0.25, 0.3) is 11.0 Å². The van der Waals surface area contributed by atoms with E-state index in [1.54, 1.807) is 11.8 Å². The lowest BCUT2D eigenvalue weighted by molar-refractivity contribution is -0.128. The van der Waals surface area contributed by atoms with Crippen LogP contribution in [0.2, 0.25) is 0 Å². The van der Waals surface area contributed by atoms with Gasteiger partial charge in [-0.05, 0) is 42.5 Å². The smallest absolute Gasteiger partial charge is 0.242 e. The maximum absolute atomic E-state index is 12.8. The van der Waals surface area contributed by atoms with Crippen molar-refractivity contribution in [1.29, 1.82) is 0 Å². The Balaban J connectivity index is 1.64. The Kier molecular flexibility index (Phi) is 7.52. The van der Waals surface area contributed by atoms with Crippen LogP contribution >= 0.6 is 11.8 Å². The second-order valence-corrected chi connectivity index (χ2v) is 8.30. The minimum atomic E-state index is -0.565. The first-order chi connectivity index (χ1) is 14.5. The molecule has 2 N–H and O–H groups in total. The first-order valence-electron chi connectivity index (χ1n) is 10.0. The summed E-state index contributed by atoms with van der Waals surface area (Å²) in [6.07, 6.45) is 2.83. The molecule has 0 aliphatic rings. The van der Waals surface area contributed by atoms with Gasteiger partial charge in [0.2, 0.25) is 11.8 Å². The maximum Gasteiger partial charge on any atom is 0.242 e. The van der Waals surface area contributed by atoms with Crippen molar-refractivity contribution in [3.63, 3.8) is 0 Å². The summed E-state index contributed by atoms with van der Waals surface area (Å²) < 4.78 is 2.01. The van der Waals surface area contributed by atoms with Gasteiger partial charge < -0.3 is 15.2 Å². The Morgan fingerprint density at radius 3 is 2.60 bits per heavy atom. The number of aryl methyl sites for hydroxylation is 2. The molecule has 7 heteroatoms. The molecular formula is C23H28N4O2S. The zero-order chi connectivity index (χ0) is 21.5. The molecule has 2 amide bonds.